The lowest BCUT2D eigenvalue weighted by Crippen LogP contribution is -2.20. The molecule has 0 atom stereocenters. The van der Waals surface area contributed by atoms with Gasteiger partial charge in [0.1, 0.15) is 4.70 Å². The summed E-state index contributed by atoms with van der Waals surface area (Å²) in [6.07, 6.45) is 0. The zero-order chi connectivity index (χ0) is 18.9. The van der Waals surface area contributed by atoms with E-state index in [0.717, 1.165) is 38.2 Å². The molecule has 2 aromatic heterocycles. The van der Waals surface area contributed by atoms with Crippen LogP contribution in [-0.4, -0.2) is 4.57 Å². The molecule has 2 heterocycles. The molecule has 3 aromatic carbocycles. The number of pyridine rings is 1. The van der Waals surface area contributed by atoms with Crippen molar-refractivity contribution in [3.05, 3.63) is 113 Å². The maximum atomic E-state index is 13.5. The second-order valence-corrected chi connectivity index (χ2v) is 7.51. The van der Waals surface area contributed by atoms with E-state index in [1.54, 1.807) is 0 Å². The van der Waals surface area contributed by atoms with E-state index in [9.17, 15) is 4.79 Å². The average Bonchev–Trinajstić information content (AvgIpc) is 3.25. The summed E-state index contributed by atoms with van der Waals surface area (Å²) in [4.78, 5) is 13.5. The number of benzene rings is 3. The summed E-state index contributed by atoms with van der Waals surface area (Å²) in [6.45, 7) is 0. The van der Waals surface area contributed by atoms with Gasteiger partial charge in [-0.25, -0.2) is 0 Å². The fraction of sp³-hybridized carbons (Fsp3) is 0. The first-order valence-corrected chi connectivity index (χ1v) is 10.0. The minimum absolute atomic E-state index is 0.0229. The van der Waals surface area contributed by atoms with Crippen LogP contribution >= 0.6 is 11.3 Å². The quantitative estimate of drug-likeness (QED) is 0.356. The van der Waals surface area contributed by atoms with Crippen LogP contribution in [0.2, 0.25) is 0 Å². The van der Waals surface area contributed by atoms with Crippen molar-refractivity contribution in [2.75, 3.05) is 0 Å². The Morgan fingerprint density at radius 1 is 0.643 bits per heavy atom. The first kappa shape index (κ1) is 16.7. The lowest BCUT2D eigenvalue weighted by molar-refractivity contribution is 1.02. The fourth-order valence-corrected chi connectivity index (χ4v) is 4.53. The zero-order valence-electron chi connectivity index (χ0n) is 15.1. The van der Waals surface area contributed by atoms with Gasteiger partial charge in [-0.3, -0.25) is 9.36 Å². The van der Waals surface area contributed by atoms with Gasteiger partial charge in [0, 0.05) is 16.6 Å². The smallest absolute Gasteiger partial charge is 0.273 e. The van der Waals surface area contributed by atoms with Gasteiger partial charge in [0.05, 0.1) is 5.69 Å². The summed E-state index contributed by atoms with van der Waals surface area (Å²) < 4.78 is 2.64. The Bertz CT molecular complexity index is 1300. The van der Waals surface area contributed by atoms with Crippen molar-refractivity contribution < 1.29 is 0 Å². The fourth-order valence-electron chi connectivity index (χ4n) is 3.70. The largest absolute Gasteiger partial charge is 0.275 e. The van der Waals surface area contributed by atoms with Gasteiger partial charge in [-0.15, -0.1) is 11.3 Å². The third-order valence-electron chi connectivity index (χ3n) is 4.92. The van der Waals surface area contributed by atoms with Crippen LogP contribution in [0.5, 0.6) is 0 Å². The second kappa shape index (κ2) is 6.95. The van der Waals surface area contributed by atoms with Gasteiger partial charge < -0.3 is 0 Å². The second-order valence-electron chi connectivity index (χ2n) is 6.60. The molecule has 0 saturated heterocycles. The van der Waals surface area contributed by atoms with Crippen molar-refractivity contribution in [3.63, 3.8) is 0 Å². The minimum Gasteiger partial charge on any atom is -0.275 e. The van der Waals surface area contributed by atoms with Gasteiger partial charge in [-0.05, 0) is 34.7 Å². The van der Waals surface area contributed by atoms with E-state index in [2.05, 4.69) is 30.3 Å². The number of fused-ring (bicyclic) bond motifs is 1. The minimum atomic E-state index is 0.0229. The Hall–Kier alpha value is -3.43. The number of nitrogens with zero attached hydrogens (tertiary/aromatic N) is 1. The maximum absolute atomic E-state index is 13.5. The Morgan fingerprint density at radius 3 is 1.86 bits per heavy atom. The molecule has 0 aliphatic carbocycles. The zero-order valence-corrected chi connectivity index (χ0v) is 15.9. The van der Waals surface area contributed by atoms with Crippen LogP contribution in [0.4, 0.5) is 0 Å². The Kier molecular flexibility index (Phi) is 4.15. The summed E-state index contributed by atoms with van der Waals surface area (Å²) in [7, 11) is 0. The van der Waals surface area contributed by atoms with Crippen molar-refractivity contribution in [1.29, 1.82) is 0 Å². The van der Waals surface area contributed by atoms with E-state index in [-0.39, 0.29) is 5.56 Å². The highest BCUT2D eigenvalue weighted by molar-refractivity contribution is 7.17. The van der Waals surface area contributed by atoms with Crippen LogP contribution in [0.15, 0.2) is 107 Å². The Morgan fingerprint density at radius 2 is 1.21 bits per heavy atom. The van der Waals surface area contributed by atoms with E-state index in [1.165, 1.54) is 11.3 Å². The summed E-state index contributed by atoms with van der Waals surface area (Å²) in [5, 5.41) is 3.01. The number of aromatic nitrogens is 1. The molecule has 3 heteroatoms. The van der Waals surface area contributed by atoms with E-state index >= 15 is 0 Å². The normalized spacial score (nSPS) is 11.0. The van der Waals surface area contributed by atoms with E-state index in [0.29, 0.717) is 0 Å². The highest BCUT2D eigenvalue weighted by Crippen LogP contribution is 2.39. The molecule has 5 aromatic rings. The number of hydrogen-bond acceptors (Lipinski definition) is 2. The SMILES string of the molecule is O=c1c2sccc2c(-c2ccccc2)c(-c2ccccc2)n1-c1ccccc1. The number of thiophene rings is 1. The van der Waals surface area contributed by atoms with Crippen molar-refractivity contribution in [2.24, 2.45) is 0 Å². The molecule has 0 radical (unpaired) electrons. The third kappa shape index (κ3) is 2.68. The molecule has 0 aliphatic rings. The van der Waals surface area contributed by atoms with E-state index < -0.39 is 0 Å². The van der Waals surface area contributed by atoms with Gasteiger partial charge in [0.25, 0.3) is 5.56 Å². The monoisotopic (exact) mass is 379 g/mol. The first-order chi connectivity index (χ1) is 13.8. The molecule has 0 spiro atoms. The molecule has 134 valence electrons. The summed E-state index contributed by atoms with van der Waals surface area (Å²) >= 11 is 1.50. The molecule has 0 amide bonds. The van der Waals surface area contributed by atoms with Crippen LogP contribution in [0, 0.1) is 0 Å². The predicted molar refractivity (Wildman–Crippen MR) is 118 cm³/mol. The molecule has 5 rings (SSSR count). The van der Waals surface area contributed by atoms with Crippen LogP contribution in [0.3, 0.4) is 0 Å². The lowest BCUT2D eigenvalue weighted by Gasteiger charge is -2.19. The third-order valence-corrected chi connectivity index (χ3v) is 5.82. The molecule has 0 saturated carbocycles. The first-order valence-electron chi connectivity index (χ1n) is 9.17. The highest BCUT2D eigenvalue weighted by atomic mass is 32.1. The molecule has 28 heavy (non-hydrogen) atoms. The van der Waals surface area contributed by atoms with Crippen molar-refractivity contribution in [2.45, 2.75) is 0 Å². The molecule has 0 unspecified atom stereocenters. The van der Waals surface area contributed by atoms with Gasteiger partial charge in [-0.2, -0.15) is 0 Å². The number of para-hydroxylation sites is 1. The Labute approximate surface area is 167 Å². The van der Waals surface area contributed by atoms with E-state index in [4.69, 9.17) is 0 Å². The Balaban J connectivity index is 2.02. The maximum Gasteiger partial charge on any atom is 0.273 e. The number of rotatable bonds is 3. The lowest BCUT2D eigenvalue weighted by atomic mass is 9.95. The molecule has 0 aliphatic heterocycles. The van der Waals surface area contributed by atoms with Crippen molar-refractivity contribution in [1.82, 2.24) is 4.57 Å². The molecule has 0 bridgehead atoms. The van der Waals surface area contributed by atoms with Crippen LogP contribution in [0.1, 0.15) is 0 Å². The van der Waals surface area contributed by atoms with Gasteiger partial charge in [0.15, 0.2) is 0 Å². The molecule has 0 fully saturated rings. The molecule has 2 nitrogen and oxygen atoms in total. The van der Waals surface area contributed by atoms with Crippen LogP contribution in [-0.2, 0) is 0 Å². The molecular formula is C25H17NOS. The average molecular weight is 379 g/mol. The van der Waals surface area contributed by atoms with Gasteiger partial charge in [-0.1, -0.05) is 78.9 Å². The standard InChI is InChI=1S/C25H17NOS/c27-25-24-21(16-17-28-24)22(18-10-4-1-5-11-18)23(19-12-6-2-7-13-19)26(25)20-14-8-3-9-15-20/h1-17H. The van der Waals surface area contributed by atoms with Crippen LogP contribution in [0.25, 0.3) is 38.2 Å². The molecule has 0 N–H and O–H groups in total. The van der Waals surface area contributed by atoms with Gasteiger partial charge in [0.2, 0.25) is 0 Å². The molecular weight excluding hydrogens is 362 g/mol. The van der Waals surface area contributed by atoms with Crippen LogP contribution < -0.4 is 5.56 Å². The topological polar surface area (TPSA) is 22.0 Å². The predicted octanol–water partition coefficient (Wildman–Crippen LogP) is 6.39. The van der Waals surface area contributed by atoms with Crippen molar-refractivity contribution >= 4 is 21.4 Å². The van der Waals surface area contributed by atoms with E-state index in [1.807, 2.05) is 76.7 Å². The highest BCUT2D eigenvalue weighted by Gasteiger charge is 2.21. The van der Waals surface area contributed by atoms with Gasteiger partial charge >= 0.3 is 0 Å². The summed E-state index contributed by atoms with van der Waals surface area (Å²) in [5.41, 5.74) is 5.04. The van der Waals surface area contributed by atoms with Crippen molar-refractivity contribution in [3.8, 4) is 28.1 Å². The summed E-state index contributed by atoms with van der Waals surface area (Å²) in [5.74, 6) is 0. The summed E-state index contributed by atoms with van der Waals surface area (Å²) in [6, 6.07) is 32.4. The number of hydrogen-bond donors (Lipinski definition) is 0.